The molecule has 0 aromatic rings. The van der Waals surface area contributed by atoms with Gasteiger partial charge in [0.2, 0.25) is 0 Å². The first-order chi connectivity index (χ1) is 7.24. The van der Waals surface area contributed by atoms with Crippen LogP contribution in [-0.4, -0.2) is 16.0 Å². The van der Waals surface area contributed by atoms with E-state index in [0.29, 0.717) is 0 Å². The minimum absolute atomic E-state index is 0.00889. The Labute approximate surface area is 124 Å². The van der Waals surface area contributed by atoms with E-state index in [1.54, 1.807) is 0 Å². The summed E-state index contributed by atoms with van der Waals surface area (Å²) < 4.78 is 0. The molecular weight excluding hydrogens is 396 g/mol. The third-order valence-corrected chi connectivity index (χ3v) is 8.05. The molecule has 92 valence electrons. The predicted octanol–water partition coefficient (Wildman–Crippen LogP) is 5.32. The van der Waals surface area contributed by atoms with Crippen LogP contribution < -0.4 is 0 Å². The standard InChI is InChI=1S/C13H19Br3/c1-9-11(3,6-14)10(2)13(5,8-16)12(9,4)7-15/h1-2,6-8H2,3-5H3/t11?,12-,13+. The molecule has 0 aliphatic heterocycles. The number of rotatable bonds is 3. The van der Waals surface area contributed by atoms with Gasteiger partial charge in [-0.2, -0.15) is 0 Å². The Hall–Kier alpha value is 0.920. The van der Waals surface area contributed by atoms with Gasteiger partial charge in [0, 0.05) is 32.2 Å². The van der Waals surface area contributed by atoms with Gasteiger partial charge < -0.3 is 0 Å². The normalized spacial score (nSPS) is 44.1. The zero-order valence-corrected chi connectivity index (χ0v) is 14.9. The topological polar surface area (TPSA) is 0 Å². The van der Waals surface area contributed by atoms with Crippen LogP contribution in [0.3, 0.4) is 0 Å². The molecule has 0 aromatic carbocycles. The van der Waals surface area contributed by atoms with Crippen LogP contribution in [0, 0.1) is 16.2 Å². The lowest BCUT2D eigenvalue weighted by atomic mass is 9.68. The van der Waals surface area contributed by atoms with Gasteiger partial charge in [-0.15, -0.1) is 0 Å². The van der Waals surface area contributed by atoms with E-state index in [0.717, 1.165) is 16.0 Å². The second-order valence-electron chi connectivity index (χ2n) is 5.35. The molecule has 0 spiro atoms. The van der Waals surface area contributed by atoms with E-state index in [2.05, 4.69) is 81.7 Å². The van der Waals surface area contributed by atoms with Crippen molar-refractivity contribution in [1.82, 2.24) is 0 Å². The summed E-state index contributed by atoms with van der Waals surface area (Å²) in [4.78, 5) is 0. The van der Waals surface area contributed by atoms with Crippen LogP contribution in [0.1, 0.15) is 20.8 Å². The number of allylic oxidation sites excluding steroid dienone is 2. The van der Waals surface area contributed by atoms with E-state index in [1.165, 1.54) is 11.1 Å². The summed E-state index contributed by atoms with van der Waals surface area (Å²) in [6, 6.07) is 0. The van der Waals surface area contributed by atoms with Crippen LogP contribution in [-0.2, 0) is 0 Å². The third-order valence-electron chi connectivity index (χ3n) is 4.68. The van der Waals surface area contributed by atoms with Gasteiger partial charge in [-0.1, -0.05) is 92.9 Å². The average molecular weight is 415 g/mol. The molecule has 1 fully saturated rings. The molecule has 1 aliphatic rings. The number of hydrogen-bond donors (Lipinski definition) is 0. The van der Waals surface area contributed by atoms with Crippen LogP contribution in [0.2, 0.25) is 0 Å². The van der Waals surface area contributed by atoms with Crippen molar-refractivity contribution in [2.75, 3.05) is 16.0 Å². The second kappa shape index (κ2) is 4.55. The van der Waals surface area contributed by atoms with Crippen molar-refractivity contribution < 1.29 is 0 Å². The Morgan fingerprint density at radius 1 is 0.812 bits per heavy atom. The van der Waals surface area contributed by atoms with E-state index in [-0.39, 0.29) is 16.2 Å². The van der Waals surface area contributed by atoms with E-state index in [9.17, 15) is 0 Å². The van der Waals surface area contributed by atoms with Gasteiger partial charge in [-0.05, 0) is 0 Å². The zero-order valence-electron chi connectivity index (χ0n) is 10.2. The molecule has 1 aliphatic carbocycles. The quantitative estimate of drug-likeness (QED) is 0.433. The molecule has 0 bridgehead atoms. The van der Waals surface area contributed by atoms with Crippen LogP contribution in [0.15, 0.2) is 24.3 Å². The fraction of sp³-hybridized carbons (Fsp3) is 0.692. The molecule has 0 heterocycles. The van der Waals surface area contributed by atoms with E-state index >= 15 is 0 Å². The first-order valence-corrected chi connectivity index (χ1v) is 8.68. The van der Waals surface area contributed by atoms with Crippen molar-refractivity contribution >= 4 is 47.8 Å². The van der Waals surface area contributed by atoms with Gasteiger partial charge in [0.25, 0.3) is 0 Å². The van der Waals surface area contributed by atoms with Crippen molar-refractivity contribution in [3.05, 3.63) is 24.3 Å². The highest BCUT2D eigenvalue weighted by atomic mass is 79.9. The third kappa shape index (κ3) is 1.57. The Bertz CT molecular complexity index is 306. The van der Waals surface area contributed by atoms with E-state index < -0.39 is 0 Å². The first kappa shape index (κ1) is 15.0. The van der Waals surface area contributed by atoms with Gasteiger partial charge in [-0.25, -0.2) is 0 Å². The van der Waals surface area contributed by atoms with Gasteiger partial charge in [0.05, 0.1) is 0 Å². The summed E-state index contributed by atoms with van der Waals surface area (Å²) in [5.74, 6) is 0. The monoisotopic (exact) mass is 412 g/mol. The molecule has 3 heteroatoms. The molecule has 0 nitrogen and oxygen atoms in total. The van der Waals surface area contributed by atoms with Crippen molar-refractivity contribution in [2.45, 2.75) is 20.8 Å². The molecule has 16 heavy (non-hydrogen) atoms. The Morgan fingerprint density at radius 3 is 1.31 bits per heavy atom. The summed E-state index contributed by atoms with van der Waals surface area (Å²) >= 11 is 10.9. The average Bonchev–Trinajstić information content (AvgIpc) is 2.42. The Kier molecular flexibility index (Phi) is 4.26. The van der Waals surface area contributed by atoms with Crippen LogP contribution in [0.5, 0.6) is 0 Å². The minimum atomic E-state index is -0.00889. The van der Waals surface area contributed by atoms with Gasteiger partial charge in [0.15, 0.2) is 0 Å². The lowest BCUT2D eigenvalue weighted by molar-refractivity contribution is 0.251. The van der Waals surface area contributed by atoms with Crippen molar-refractivity contribution in [2.24, 2.45) is 16.2 Å². The Balaban J connectivity index is 3.44. The SMILES string of the molecule is C=C1C(C)(CBr)C(=C)[C@@](C)(CBr)[C@@]1(C)CBr. The highest BCUT2D eigenvalue weighted by Gasteiger charge is 2.60. The molecule has 1 saturated carbocycles. The van der Waals surface area contributed by atoms with Crippen molar-refractivity contribution in [1.29, 1.82) is 0 Å². The summed E-state index contributed by atoms with van der Waals surface area (Å²) in [7, 11) is 0. The summed E-state index contributed by atoms with van der Waals surface area (Å²) in [6.45, 7) is 15.5. The molecule has 0 radical (unpaired) electrons. The number of halogens is 3. The van der Waals surface area contributed by atoms with Crippen molar-refractivity contribution in [3.63, 3.8) is 0 Å². The Morgan fingerprint density at radius 2 is 1.12 bits per heavy atom. The zero-order chi connectivity index (χ0) is 12.8. The number of alkyl halides is 3. The number of hydrogen-bond acceptors (Lipinski definition) is 0. The molecule has 0 aromatic heterocycles. The van der Waals surface area contributed by atoms with Gasteiger partial charge in [-0.3, -0.25) is 0 Å². The smallest absolute Gasteiger partial charge is 0.0196 e. The summed E-state index contributed by atoms with van der Waals surface area (Å²) in [5.41, 5.74) is 2.65. The fourth-order valence-electron chi connectivity index (χ4n) is 2.68. The van der Waals surface area contributed by atoms with Gasteiger partial charge >= 0.3 is 0 Å². The van der Waals surface area contributed by atoms with Crippen LogP contribution in [0.4, 0.5) is 0 Å². The maximum Gasteiger partial charge on any atom is 0.0196 e. The van der Waals surface area contributed by atoms with Crippen LogP contribution in [0.25, 0.3) is 0 Å². The molecule has 0 N–H and O–H groups in total. The van der Waals surface area contributed by atoms with E-state index in [1.807, 2.05) is 0 Å². The lowest BCUT2D eigenvalue weighted by Gasteiger charge is -2.39. The highest BCUT2D eigenvalue weighted by Crippen LogP contribution is 2.67. The largest absolute Gasteiger partial charge is 0.0983 e. The van der Waals surface area contributed by atoms with Crippen molar-refractivity contribution in [3.8, 4) is 0 Å². The lowest BCUT2D eigenvalue weighted by Crippen LogP contribution is -2.37. The maximum absolute atomic E-state index is 4.35. The minimum Gasteiger partial charge on any atom is -0.0983 e. The summed E-state index contributed by atoms with van der Waals surface area (Å²) in [6.07, 6.45) is 0. The first-order valence-electron chi connectivity index (χ1n) is 5.32. The maximum atomic E-state index is 4.35. The van der Waals surface area contributed by atoms with E-state index in [4.69, 9.17) is 0 Å². The molecule has 0 amide bonds. The second-order valence-corrected chi connectivity index (χ2v) is 7.04. The molecule has 3 atom stereocenters. The van der Waals surface area contributed by atoms with Gasteiger partial charge in [0.1, 0.15) is 0 Å². The van der Waals surface area contributed by atoms with Crippen LogP contribution >= 0.6 is 47.8 Å². The molecule has 1 unspecified atom stereocenters. The summed E-state index contributed by atoms with van der Waals surface area (Å²) in [5, 5.41) is 2.73. The fourth-order valence-corrected chi connectivity index (χ4v) is 5.27. The highest BCUT2D eigenvalue weighted by molar-refractivity contribution is 9.09. The molecular formula is C13H19Br3. The molecule has 1 rings (SSSR count). The predicted molar refractivity (Wildman–Crippen MR) is 84.0 cm³/mol. The molecule has 0 saturated heterocycles.